The average molecular weight is 234 g/mol. The molecule has 90 valence electrons. The van der Waals surface area contributed by atoms with Crippen molar-refractivity contribution in [3.63, 3.8) is 0 Å². The van der Waals surface area contributed by atoms with Gasteiger partial charge in [0.25, 0.3) is 0 Å². The highest BCUT2D eigenvalue weighted by Gasteiger charge is 1.97. The Bertz CT molecular complexity index is 418. The number of carbonyl (C=O) groups is 2. The van der Waals surface area contributed by atoms with Crippen molar-refractivity contribution < 1.29 is 19.1 Å². The molecule has 0 atom stereocenters. The van der Waals surface area contributed by atoms with Crippen molar-refractivity contribution in [3.8, 4) is 5.75 Å². The Morgan fingerprint density at radius 1 is 1.24 bits per heavy atom. The summed E-state index contributed by atoms with van der Waals surface area (Å²) < 4.78 is 9.62. The van der Waals surface area contributed by atoms with Crippen molar-refractivity contribution in [1.82, 2.24) is 0 Å². The summed E-state index contributed by atoms with van der Waals surface area (Å²) in [6.45, 7) is 3.45. The molecule has 4 nitrogen and oxygen atoms in total. The lowest BCUT2D eigenvalue weighted by Crippen LogP contribution is -2.01. The van der Waals surface area contributed by atoms with Gasteiger partial charge in [-0.2, -0.15) is 0 Å². The minimum atomic E-state index is -0.378. The molecule has 0 aliphatic rings. The second-order valence-corrected chi connectivity index (χ2v) is 3.25. The third kappa shape index (κ3) is 4.97. The highest BCUT2D eigenvalue weighted by molar-refractivity contribution is 5.87. The largest absolute Gasteiger partial charge is 0.463 e. The van der Waals surface area contributed by atoms with Crippen molar-refractivity contribution in [2.45, 2.75) is 13.8 Å². The highest BCUT2D eigenvalue weighted by Crippen LogP contribution is 2.13. The van der Waals surface area contributed by atoms with Gasteiger partial charge in [0.2, 0.25) is 0 Å². The van der Waals surface area contributed by atoms with Crippen LogP contribution in [-0.2, 0) is 14.3 Å². The number of ether oxygens (including phenoxy) is 2. The number of carbonyl (C=O) groups excluding carboxylic acids is 2. The summed E-state index contributed by atoms with van der Waals surface area (Å²) in [6, 6.07) is 6.81. The van der Waals surface area contributed by atoms with E-state index >= 15 is 0 Å². The van der Waals surface area contributed by atoms with E-state index in [4.69, 9.17) is 9.47 Å². The molecular formula is C13H14O4. The highest BCUT2D eigenvalue weighted by atomic mass is 16.5. The molecule has 0 bridgehead atoms. The van der Waals surface area contributed by atoms with E-state index in [-0.39, 0.29) is 11.9 Å². The van der Waals surface area contributed by atoms with E-state index in [1.165, 1.54) is 13.0 Å². The van der Waals surface area contributed by atoms with Crippen molar-refractivity contribution in [2.75, 3.05) is 6.61 Å². The summed E-state index contributed by atoms with van der Waals surface area (Å²) in [5.74, 6) is -0.262. The van der Waals surface area contributed by atoms with Gasteiger partial charge in [-0.1, -0.05) is 12.1 Å². The first-order valence-corrected chi connectivity index (χ1v) is 5.25. The van der Waals surface area contributed by atoms with Gasteiger partial charge in [0.05, 0.1) is 6.61 Å². The Hall–Kier alpha value is -2.10. The van der Waals surface area contributed by atoms with Gasteiger partial charge in [-0.15, -0.1) is 0 Å². The van der Waals surface area contributed by atoms with Gasteiger partial charge in [-0.3, -0.25) is 4.79 Å². The van der Waals surface area contributed by atoms with E-state index < -0.39 is 0 Å². The molecule has 0 saturated carbocycles. The molecule has 0 N–H and O–H groups in total. The molecule has 0 unspecified atom stereocenters. The molecule has 4 heteroatoms. The van der Waals surface area contributed by atoms with E-state index in [1.54, 1.807) is 37.3 Å². The Balaban J connectivity index is 2.62. The Labute approximate surface area is 99.8 Å². The molecule has 1 aromatic carbocycles. The Morgan fingerprint density at radius 3 is 2.41 bits per heavy atom. The standard InChI is InChI=1S/C13H14O4/c1-3-16-13(15)9-6-11-4-7-12(8-5-11)17-10(2)14/h4-9H,3H2,1-2H3. The van der Waals surface area contributed by atoms with Crippen molar-refractivity contribution in [3.05, 3.63) is 35.9 Å². The second-order valence-electron chi connectivity index (χ2n) is 3.25. The fraction of sp³-hybridized carbons (Fsp3) is 0.231. The summed E-state index contributed by atoms with van der Waals surface area (Å²) in [4.78, 5) is 21.7. The van der Waals surface area contributed by atoms with E-state index in [9.17, 15) is 9.59 Å². The monoisotopic (exact) mass is 234 g/mol. The summed E-state index contributed by atoms with van der Waals surface area (Å²) >= 11 is 0. The lowest BCUT2D eigenvalue weighted by Gasteiger charge is -2.00. The van der Waals surface area contributed by atoms with E-state index in [2.05, 4.69) is 0 Å². The van der Waals surface area contributed by atoms with Gasteiger partial charge in [-0.05, 0) is 30.7 Å². The molecule has 0 fully saturated rings. The van der Waals surface area contributed by atoms with Crippen LogP contribution in [0.4, 0.5) is 0 Å². The zero-order valence-electron chi connectivity index (χ0n) is 9.80. The zero-order valence-corrected chi connectivity index (χ0v) is 9.80. The van der Waals surface area contributed by atoms with Crippen molar-refractivity contribution in [2.24, 2.45) is 0 Å². The van der Waals surface area contributed by atoms with Crippen LogP contribution in [0.5, 0.6) is 5.75 Å². The van der Waals surface area contributed by atoms with Crippen LogP contribution < -0.4 is 4.74 Å². The zero-order chi connectivity index (χ0) is 12.7. The molecule has 0 aliphatic carbocycles. The predicted molar refractivity (Wildman–Crippen MR) is 63.4 cm³/mol. The normalized spacial score (nSPS) is 10.2. The molecule has 0 saturated heterocycles. The van der Waals surface area contributed by atoms with Gasteiger partial charge in [0.15, 0.2) is 0 Å². The maximum atomic E-state index is 11.1. The minimum absolute atomic E-state index is 0.356. The second kappa shape index (κ2) is 6.48. The fourth-order valence-electron chi connectivity index (χ4n) is 1.17. The average Bonchev–Trinajstić information content (AvgIpc) is 2.28. The van der Waals surface area contributed by atoms with Gasteiger partial charge < -0.3 is 9.47 Å². The Kier molecular flexibility index (Phi) is 4.94. The quantitative estimate of drug-likeness (QED) is 0.455. The summed E-state index contributed by atoms with van der Waals surface area (Å²) in [7, 11) is 0. The first-order valence-electron chi connectivity index (χ1n) is 5.25. The first-order chi connectivity index (χ1) is 8.11. The van der Waals surface area contributed by atoms with Gasteiger partial charge >= 0.3 is 11.9 Å². The van der Waals surface area contributed by atoms with Crippen LogP contribution in [0.1, 0.15) is 19.4 Å². The lowest BCUT2D eigenvalue weighted by molar-refractivity contribution is -0.137. The summed E-state index contributed by atoms with van der Waals surface area (Å²) in [5, 5.41) is 0. The number of esters is 2. The van der Waals surface area contributed by atoms with Crippen molar-refractivity contribution >= 4 is 18.0 Å². The molecule has 1 aromatic rings. The Morgan fingerprint density at radius 2 is 1.88 bits per heavy atom. The molecule has 0 amide bonds. The van der Waals surface area contributed by atoms with E-state index in [0.717, 1.165) is 5.56 Å². The number of rotatable bonds is 4. The first kappa shape index (κ1) is 13.0. The van der Waals surface area contributed by atoms with Crippen LogP contribution in [0.25, 0.3) is 6.08 Å². The predicted octanol–water partition coefficient (Wildman–Crippen LogP) is 2.19. The molecule has 0 heterocycles. The molecule has 0 spiro atoms. The van der Waals surface area contributed by atoms with Crippen molar-refractivity contribution in [1.29, 1.82) is 0 Å². The fourth-order valence-corrected chi connectivity index (χ4v) is 1.17. The van der Waals surface area contributed by atoms with Crippen LogP contribution in [0.2, 0.25) is 0 Å². The topological polar surface area (TPSA) is 52.6 Å². The molecule has 17 heavy (non-hydrogen) atoms. The van der Waals surface area contributed by atoms with Crippen LogP contribution in [0, 0.1) is 0 Å². The van der Waals surface area contributed by atoms with Gasteiger partial charge in [-0.25, -0.2) is 4.79 Å². The maximum Gasteiger partial charge on any atom is 0.330 e. The van der Waals surface area contributed by atoms with Crippen LogP contribution in [-0.4, -0.2) is 18.5 Å². The van der Waals surface area contributed by atoms with E-state index in [1.807, 2.05) is 0 Å². The molecule has 0 radical (unpaired) electrons. The molecule has 1 rings (SSSR count). The van der Waals surface area contributed by atoms with Crippen LogP contribution in [0.15, 0.2) is 30.3 Å². The maximum absolute atomic E-state index is 11.1. The molecule has 0 aromatic heterocycles. The molecule has 0 aliphatic heterocycles. The van der Waals surface area contributed by atoms with Gasteiger partial charge in [0, 0.05) is 13.0 Å². The SMILES string of the molecule is CCOC(=O)C=Cc1ccc(OC(C)=O)cc1. The third-order valence-electron chi connectivity index (χ3n) is 1.84. The van der Waals surface area contributed by atoms with Crippen LogP contribution >= 0.6 is 0 Å². The van der Waals surface area contributed by atoms with Crippen LogP contribution in [0.3, 0.4) is 0 Å². The summed E-state index contributed by atoms with van der Waals surface area (Å²) in [6.07, 6.45) is 2.99. The number of hydrogen-bond donors (Lipinski definition) is 0. The lowest BCUT2D eigenvalue weighted by atomic mass is 10.2. The van der Waals surface area contributed by atoms with E-state index in [0.29, 0.717) is 12.4 Å². The third-order valence-corrected chi connectivity index (χ3v) is 1.84. The smallest absolute Gasteiger partial charge is 0.330 e. The molecular weight excluding hydrogens is 220 g/mol. The minimum Gasteiger partial charge on any atom is -0.463 e. The summed E-state index contributed by atoms with van der Waals surface area (Å²) in [5.41, 5.74) is 0.828. The van der Waals surface area contributed by atoms with Gasteiger partial charge in [0.1, 0.15) is 5.75 Å². The number of hydrogen-bond acceptors (Lipinski definition) is 4. The number of benzene rings is 1.